The van der Waals surface area contributed by atoms with Crippen molar-refractivity contribution in [2.24, 2.45) is 0 Å². The van der Waals surface area contributed by atoms with Gasteiger partial charge in [-0.25, -0.2) is 8.42 Å². The Morgan fingerprint density at radius 3 is 2.13 bits per heavy atom. The Labute approximate surface area is 244 Å². The predicted octanol–water partition coefficient (Wildman–Crippen LogP) is 6.09. The third-order valence-electron chi connectivity index (χ3n) is 6.07. The van der Waals surface area contributed by atoms with Crippen molar-refractivity contribution in [3.05, 3.63) is 92.9 Å². The number of rotatable bonds is 11. The monoisotopic (exact) mass is 609 g/mol. The maximum Gasteiger partial charge on any atom is 0.264 e. The normalized spacial score (nSPS) is 12.1. The molecule has 0 saturated heterocycles. The van der Waals surface area contributed by atoms with E-state index in [0.29, 0.717) is 32.9 Å². The molecule has 0 heterocycles. The molecule has 3 aromatic carbocycles. The van der Waals surface area contributed by atoms with Crippen LogP contribution in [-0.4, -0.2) is 44.3 Å². The summed E-state index contributed by atoms with van der Waals surface area (Å²) in [6, 6.07) is 16.4. The molecule has 2 amide bonds. The lowest BCUT2D eigenvalue weighted by Crippen LogP contribution is -2.51. The fraction of sp³-hybridized carbons (Fsp3) is 0.286. The van der Waals surface area contributed by atoms with Crippen LogP contribution < -0.4 is 9.62 Å². The number of nitrogens with zero attached hydrogens (tertiary/aromatic N) is 2. The van der Waals surface area contributed by atoms with E-state index in [1.54, 1.807) is 49.4 Å². The first-order valence-corrected chi connectivity index (χ1v) is 14.9. The van der Waals surface area contributed by atoms with Gasteiger partial charge < -0.3 is 10.2 Å². The van der Waals surface area contributed by atoms with Crippen molar-refractivity contribution in [1.29, 1.82) is 0 Å². The van der Waals surface area contributed by atoms with Crippen LogP contribution >= 0.6 is 34.8 Å². The number of hydrogen-bond donors (Lipinski definition) is 1. The highest BCUT2D eigenvalue weighted by Gasteiger charge is 2.32. The molecular weight excluding hydrogens is 581 g/mol. The molecule has 0 aliphatic carbocycles. The van der Waals surface area contributed by atoms with Crippen molar-refractivity contribution in [2.45, 2.75) is 44.7 Å². The van der Waals surface area contributed by atoms with Gasteiger partial charge in [0.25, 0.3) is 10.0 Å². The fourth-order valence-electron chi connectivity index (χ4n) is 3.79. The van der Waals surface area contributed by atoms with E-state index >= 15 is 0 Å². The van der Waals surface area contributed by atoms with Gasteiger partial charge in [-0.2, -0.15) is 0 Å². The largest absolute Gasteiger partial charge is 0.354 e. The number of carbonyl (C=O) groups excluding carboxylic acids is 2. The zero-order valence-electron chi connectivity index (χ0n) is 21.8. The Morgan fingerprint density at radius 2 is 1.54 bits per heavy atom. The fourth-order valence-corrected chi connectivity index (χ4v) is 5.79. The van der Waals surface area contributed by atoms with Crippen LogP contribution in [0, 0.1) is 6.92 Å². The SMILES string of the molecule is CCCNC(=O)C(C)N(Cc1ccc(Cl)cc1Cl)C(=O)CN(c1ccc(C)cc1)S(=O)(=O)c1ccc(Cl)cc1. The molecule has 0 aliphatic heterocycles. The third kappa shape index (κ3) is 7.88. The number of anilines is 1. The summed E-state index contributed by atoms with van der Waals surface area (Å²) < 4.78 is 28.6. The molecule has 0 saturated carbocycles. The van der Waals surface area contributed by atoms with Gasteiger partial charge in [-0.05, 0) is 74.4 Å². The third-order valence-corrected chi connectivity index (χ3v) is 8.70. The van der Waals surface area contributed by atoms with Crippen LogP contribution in [0.15, 0.2) is 71.6 Å². The van der Waals surface area contributed by atoms with Crippen LogP contribution in [0.3, 0.4) is 0 Å². The summed E-state index contributed by atoms with van der Waals surface area (Å²) in [5, 5.41) is 3.93. The van der Waals surface area contributed by atoms with Gasteiger partial charge in [0.1, 0.15) is 12.6 Å². The standard InChI is InChI=1S/C28H30Cl3N3O4S/c1-4-15-32-28(36)20(3)33(17-21-7-8-23(30)16-26(21)31)27(35)18-34(24-11-5-19(2)6-12-24)39(37,38)25-13-9-22(29)10-14-25/h5-14,16,20H,4,15,17-18H2,1-3H3,(H,32,36). The second-order valence-corrected chi connectivity index (χ2v) is 12.2. The van der Waals surface area contributed by atoms with Gasteiger partial charge in [-0.1, -0.05) is 65.5 Å². The first-order valence-electron chi connectivity index (χ1n) is 12.3. The predicted molar refractivity (Wildman–Crippen MR) is 157 cm³/mol. The number of aryl methyl sites for hydroxylation is 1. The van der Waals surface area contributed by atoms with E-state index in [9.17, 15) is 18.0 Å². The summed E-state index contributed by atoms with van der Waals surface area (Å²) in [7, 11) is -4.18. The van der Waals surface area contributed by atoms with Gasteiger partial charge in [0, 0.05) is 28.2 Å². The highest BCUT2D eigenvalue weighted by molar-refractivity contribution is 7.92. The molecule has 0 aliphatic rings. The molecule has 39 heavy (non-hydrogen) atoms. The Morgan fingerprint density at radius 1 is 0.923 bits per heavy atom. The molecule has 208 valence electrons. The summed E-state index contributed by atoms with van der Waals surface area (Å²) in [5.74, 6) is -0.948. The number of hydrogen-bond acceptors (Lipinski definition) is 4. The van der Waals surface area contributed by atoms with Gasteiger partial charge >= 0.3 is 0 Å². The first-order chi connectivity index (χ1) is 18.4. The van der Waals surface area contributed by atoms with E-state index in [4.69, 9.17) is 34.8 Å². The van der Waals surface area contributed by atoms with Crippen molar-refractivity contribution in [2.75, 3.05) is 17.4 Å². The average molecular weight is 611 g/mol. The molecule has 1 unspecified atom stereocenters. The molecule has 0 bridgehead atoms. The average Bonchev–Trinajstić information content (AvgIpc) is 2.90. The quantitative estimate of drug-likeness (QED) is 0.285. The number of halogens is 3. The number of benzene rings is 3. The molecular formula is C28H30Cl3N3O4S. The van der Waals surface area contributed by atoms with Crippen molar-refractivity contribution in [1.82, 2.24) is 10.2 Å². The van der Waals surface area contributed by atoms with Gasteiger partial charge in [0.15, 0.2) is 0 Å². The second-order valence-electron chi connectivity index (χ2n) is 9.03. The molecule has 1 N–H and O–H groups in total. The molecule has 0 aromatic heterocycles. The molecule has 11 heteroatoms. The Balaban J connectivity index is 2.03. The zero-order valence-corrected chi connectivity index (χ0v) is 24.9. The van der Waals surface area contributed by atoms with E-state index in [2.05, 4.69) is 5.32 Å². The molecule has 0 fully saturated rings. The molecule has 0 radical (unpaired) electrons. The molecule has 7 nitrogen and oxygen atoms in total. The highest BCUT2D eigenvalue weighted by atomic mass is 35.5. The second kappa shape index (κ2) is 13.5. The lowest BCUT2D eigenvalue weighted by Gasteiger charge is -2.32. The first kappa shape index (κ1) is 30.8. The van der Waals surface area contributed by atoms with Gasteiger partial charge in [0.05, 0.1) is 10.6 Å². The van der Waals surface area contributed by atoms with Crippen molar-refractivity contribution in [3.8, 4) is 0 Å². The number of nitrogens with one attached hydrogen (secondary N) is 1. The number of sulfonamides is 1. The maximum atomic E-state index is 13.9. The van der Waals surface area contributed by atoms with E-state index in [1.165, 1.54) is 29.2 Å². The Kier molecular flexibility index (Phi) is 10.7. The minimum atomic E-state index is -4.18. The van der Waals surface area contributed by atoms with Crippen LogP contribution in [0.4, 0.5) is 5.69 Å². The molecule has 0 spiro atoms. The highest BCUT2D eigenvalue weighted by Crippen LogP contribution is 2.27. The van der Waals surface area contributed by atoms with Gasteiger partial charge in [0.2, 0.25) is 11.8 Å². The van der Waals surface area contributed by atoms with Gasteiger partial charge in [-0.15, -0.1) is 0 Å². The zero-order chi connectivity index (χ0) is 28.7. The summed E-state index contributed by atoms with van der Waals surface area (Å²) in [6.45, 7) is 5.25. The van der Waals surface area contributed by atoms with E-state index < -0.39 is 28.5 Å². The number of carbonyl (C=O) groups is 2. The van der Waals surface area contributed by atoms with Crippen molar-refractivity contribution >= 4 is 62.3 Å². The Hall–Kier alpha value is -2.78. The van der Waals surface area contributed by atoms with E-state index in [0.717, 1.165) is 16.3 Å². The van der Waals surface area contributed by atoms with E-state index in [1.807, 2.05) is 13.8 Å². The maximum absolute atomic E-state index is 13.9. The summed E-state index contributed by atoms with van der Waals surface area (Å²) >= 11 is 18.4. The Bertz CT molecular complexity index is 1410. The topological polar surface area (TPSA) is 86.8 Å². The van der Waals surface area contributed by atoms with E-state index in [-0.39, 0.29) is 17.3 Å². The van der Waals surface area contributed by atoms with Crippen molar-refractivity contribution in [3.63, 3.8) is 0 Å². The molecule has 3 aromatic rings. The van der Waals surface area contributed by atoms with Crippen LogP contribution in [0.5, 0.6) is 0 Å². The lowest BCUT2D eigenvalue weighted by atomic mass is 10.1. The van der Waals surface area contributed by atoms with Gasteiger partial charge in [-0.3, -0.25) is 13.9 Å². The summed E-state index contributed by atoms with van der Waals surface area (Å²) in [5.41, 5.74) is 1.79. The lowest BCUT2D eigenvalue weighted by molar-refractivity contribution is -0.139. The minimum absolute atomic E-state index is 0.0266. The molecule has 3 rings (SSSR count). The van der Waals surface area contributed by atoms with Crippen molar-refractivity contribution < 1.29 is 18.0 Å². The van der Waals surface area contributed by atoms with Crippen LogP contribution in [0.1, 0.15) is 31.4 Å². The number of amides is 2. The minimum Gasteiger partial charge on any atom is -0.354 e. The van der Waals surface area contributed by atoms with Crippen LogP contribution in [-0.2, 0) is 26.2 Å². The smallest absolute Gasteiger partial charge is 0.264 e. The summed E-state index contributed by atoms with van der Waals surface area (Å²) in [6.07, 6.45) is 0.718. The van der Waals surface area contributed by atoms with Crippen LogP contribution in [0.25, 0.3) is 0 Å². The van der Waals surface area contributed by atoms with Crippen LogP contribution in [0.2, 0.25) is 15.1 Å². The summed E-state index contributed by atoms with van der Waals surface area (Å²) in [4.78, 5) is 28.1. The molecule has 1 atom stereocenters.